The molecule has 7 nitrogen and oxygen atoms in total. The summed E-state index contributed by atoms with van der Waals surface area (Å²) in [7, 11) is 0. The van der Waals surface area contributed by atoms with Gasteiger partial charge < -0.3 is 4.74 Å². The second kappa shape index (κ2) is 11.9. The van der Waals surface area contributed by atoms with E-state index in [0.29, 0.717) is 64.5 Å². The molecular weight excluding hydrogens is 668 g/mol. The van der Waals surface area contributed by atoms with Gasteiger partial charge in [0.2, 0.25) is 17.6 Å². The predicted octanol–water partition coefficient (Wildman–Crippen LogP) is 7.99. The van der Waals surface area contributed by atoms with E-state index in [1.54, 1.807) is 42.5 Å². The highest BCUT2D eigenvalue weighted by atomic mass is 79.9. The summed E-state index contributed by atoms with van der Waals surface area (Å²) in [6.07, 6.45) is 6.30. The van der Waals surface area contributed by atoms with Gasteiger partial charge in [-0.15, -0.1) is 0 Å². The van der Waals surface area contributed by atoms with Crippen LogP contribution in [0.15, 0.2) is 89.4 Å². The minimum absolute atomic E-state index is 0.0961. The van der Waals surface area contributed by atoms with Crippen LogP contribution in [-0.4, -0.2) is 34.7 Å². The van der Waals surface area contributed by atoms with Crippen molar-refractivity contribution >= 4 is 56.1 Å². The Balaban J connectivity index is 1.13. The number of benzene rings is 3. The number of Topliss-reactive ketones (excluding diaryl/α,β-unsaturated/α-hetero) is 1. The van der Waals surface area contributed by atoms with Gasteiger partial charge in [-0.3, -0.25) is 19.3 Å². The molecule has 2 heterocycles. The number of aromatic nitrogens is 1. The molecule has 1 aliphatic heterocycles. The number of aryl methyl sites for hydroxylation is 1. The first-order chi connectivity index (χ1) is 23.3. The number of allylic oxidation sites excluding steroid dienone is 2. The zero-order valence-electron chi connectivity index (χ0n) is 26.8. The van der Waals surface area contributed by atoms with Crippen LogP contribution in [0.3, 0.4) is 0 Å². The number of fused-ring (bicyclic) bond motifs is 1. The van der Waals surface area contributed by atoms with Crippen LogP contribution in [0.4, 0.5) is 5.69 Å². The average molecular weight is 704 g/mol. The van der Waals surface area contributed by atoms with Gasteiger partial charge in [-0.25, -0.2) is 9.78 Å². The molecule has 5 aliphatic rings. The van der Waals surface area contributed by atoms with E-state index >= 15 is 0 Å². The summed E-state index contributed by atoms with van der Waals surface area (Å²) in [4.78, 5) is 61.1. The number of halogens is 1. The lowest BCUT2D eigenvalue weighted by Crippen LogP contribution is -2.40. The molecule has 3 fully saturated rings. The Hall–Kier alpha value is -4.43. The molecule has 0 N–H and O–H groups in total. The van der Waals surface area contributed by atoms with Gasteiger partial charge >= 0.3 is 5.97 Å². The number of hydrogen-bond acceptors (Lipinski definition) is 6. The molecule has 4 aromatic rings. The number of carbonyl (C=O) groups is 4. The van der Waals surface area contributed by atoms with Crippen molar-refractivity contribution in [2.24, 2.45) is 35.5 Å². The van der Waals surface area contributed by atoms with Gasteiger partial charge in [0.25, 0.3) is 0 Å². The molecule has 3 aromatic carbocycles. The number of carbonyl (C=O) groups excluding carboxylic acids is 4. The van der Waals surface area contributed by atoms with Gasteiger partial charge in [0.1, 0.15) is 0 Å². The molecule has 9 rings (SSSR count). The highest BCUT2D eigenvalue weighted by Gasteiger charge is 2.67. The molecular formula is C40H35BrN2O5. The zero-order chi connectivity index (χ0) is 33.3. The number of ether oxygens (including phenoxy) is 1. The van der Waals surface area contributed by atoms with Crippen LogP contribution in [0.25, 0.3) is 22.2 Å². The maximum Gasteiger partial charge on any atom is 0.339 e. The van der Waals surface area contributed by atoms with Crippen LogP contribution in [0.5, 0.6) is 0 Å². The van der Waals surface area contributed by atoms with Gasteiger partial charge in [-0.2, -0.15) is 0 Å². The van der Waals surface area contributed by atoms with E-state index in [1.165, 1.54) is 4.90 Å². The van der Waals surface area contributed by atoms with Crippen LogP contribution in [0, 0.1) is 35.5 Å². The Morgan fingerprint density at radius 2 is 1.58 bits per heavy atom. The number of esters is 1. The summed E-state index contributed by atoms with van der Waals surface area (Å²) in [6.45, 7) is 3.99. The van der Waals surface area contributed by atoms with Crippen molar-refractivity contribution in [2.75, 3.05) is 4.90 Å². The lowest BCUT2D eigenvalue weighted by Gasteiger charge is -2.37. The summed E-state index contributed by atoms with van der Waals surface area (Å²) in [5.74, 6) is -0.126. The molecule has 1 saturated heterocycles. The molecule has 2 saturated carbocycles. The number of ketones is 1. The maximum atomic E-state index is 14.0. The van der Waals surface area contributed by atoms with Gasteiger partial charge in [0, 0.05) is 21.0 Å². The van der Waals surface area contributed by atoms with E-state index < -0.39 is 12.1 Å². The van der Waals surface area contributed by atoms with E-state index in [0.717, 1.165) is 22.0 Å². The second-order valence-electron chi connectivity index (χ2n) is 13.5. The third kappa shape index (κ3) is 4.95. The van der Waals surface area contributed by atoms with E-state index in [4.69, 9.17) is 9.72 Å². The first-order valence-electron chi connectivity index (χ1n) is 16.9. The standard InChI is InChI=1S/C40H35BrN2O5/c1-3-8-33(37(44)23-9-6-5-7-10-23)48-40(47)31-20-32(42-36-21(4-2)17-24(41)18-30(31)36)22-11-13-25(14-12-22)43-38(45)34-26-15-16-27(29-19-28(26)29)35(34)39(43)46/h5-7,9-18,20,26-29,33-35H,3-4,8,19H2,1-2H3. The first-order valence-corrected chi connectivity index (χ1v) is 17.7. The maximum absolute atomic E-state index is 14.0. The molecule has 0 spiro atoms. The van der Waals surface area contributed by atoms with Crippen molar-refractivity contribution in [3.8, 4) is 11.3 Å². The first kappa shape index (κ1) is 30.9. The van der Waals surface area contributed by atoms with E-state index in [9.17, 15) is 19.2 Å². The minimum Gasteiger partial charge on any atom is -0.450 e. The fourth-order valence-electron chi connectivity index (χ4n) is 8.43. The predicted molar refractivity (Wildman–Crippen MR) is 186 cm³/mol. The van der Waals surface area contributed by atoms with Crippen LogP contribution < -0.4 is 4.90 Å². The van der Waals surface area contributed by atoms with Crippen molar-refractivity contribution in [1.29, 1.82) is 0 Å². The molecule has 1 aromatic heterocycles. The summed E-state index contributed by atoms with van der Waals surface area (Å²) in [5.41, 5.74) is 4.26. The SMILES string of the molecule is CCCC(OC(=O)c1cc(-c2ccc(N3C(=O)C4C5C=CC(C6CC56)C4C3=O)cc2)nc2c(CC)cc(Br)cc12)C(=O)c1ccccc1. The highest BCUT2D eigenvalue weighted by molar-refractivity contribution is 9.10. The molecule has 2 amide bonds. The summed E-state index contributed by atoms with van der Waals surface area (Å²) < 4.78 is 6.79. The van der Waals surface area contributed by atoms with Crippen molar-refractivity contribution < 1.29 is 23.9 Å². The molecule has 7 unspecified atom stereocenters. The number of amides is 2. The Kier molecular flexibility index (Phi) is 7.67. The normalized spacial score (nSPS) is 25.6. The molecule has 242 valence electrons. The third-order valence-corrected chi connectivity index (χ3v) is 11.3. The lowest BCUT2D eigenvalue weighted by atomic mass is 9.63. The Morgan fingerprint density at radius 3 is 2.21 bits per heavy atom. The van der Waals surface area contributed by atoms with Gasteiger partial charge in [-0.1, -0.05) is 90.8 Å². The van der Waals surface area contributed by atoms with Crippen LogP contribution in [0.1, 0.15) is 59.4 Å². The Labute approximate surface area is 287 Å². The number of rotatable bonds is 9. The van der Waals surface area contributed by atoms with E-state index in [1.807, 2.05) is 44.2 Å². The van der Waals surface area contributed by atoms with Crippen LogP contribution >= 0.6 is 15.9 Å². The van der Waals surface area contributed by atoms with Crippen molar-refractivity contribution in [3.05, 3.63) is 106 Å². The molecule has 0 radical (unpaired) electrons. The molecule has 7 atom stereocenters. The molecule has 4 aliphatic carbocycles. The largest absolute Gasteiger partial charge is 0.450 e. The van der Waals surface area contributed by atoms with Crippen molar-refractivity contribution in [2.45, 2.75) is 45.6 Å². The average Bonchev–Trinajstić information content (AvgIpc) is 3.89. The summed E-state index contributed by atoms with van der Waals surface area (Å²) >= 11 is 3.59. The van der Waals surface area contributed by atoms with E-state index in [2.05, 4.69) is 28.1 Å². The second-order valence-corrected chi connectivity index (χ2v) is 14.4. The lowest BCUT2D eigenvalue weighted by molar-refractivity contribution is -0.124. The highest BCUT2D eigenvalue weighted by Crippen LogP contribution is 2.65. The third-order valence-electron chi connectivity index (χ3n) is 10.8. The molecule has 2 bridgehead atoms. The summed E-state index contributed by atoms with van der Waals surface area (Å²) in [5, 5.41) is 0.631. The minimum atomic E-state index is -0.927. The smallest absolute Gasteiger partial charge is 0.339 e. The van der Waals surface area contributed by atoms with Gasteiger partial charge in [0.05, 0.1) is 34.3 Å². The number of imide groups is 1. The number of hydrogen-bond donors (Lipinski definition) is 0. The van der Waals surface area contributed by atoms with Gasteiger partial charge in [0.15, 0.2) is 6.10 Å². The number of nitrogens with zero attached hydrogens (tertiary/aromatic N) is 2. The Bertz CT molecular complexity index is 1990. The Morgan fingerprint density at radius 1 is 0.917 bits per heavy atom. The van der Waals surface area contributed by atoms with Crippen LogP contribution in [-0.2, 0) is 20.7 Å². The monoisotopic (exact) mass is 702 g/mol. The fourth-order valence-corrected chi connectivity index (χ4v) is 8.93. The number of anilines is 1. The number of pyridine rings is 1. The zero-order valence-corrected chi connectivity index (χ0v) is 28.4. The topological polar surface area (TPSA) is 93.6 Å². The fraction of sp³-hybridized carbons (Fsp3) is 0.325. The van der Waals surface area contributed by atoms with Crippen molar-refractivity contribution in [3.63, 3.8) is 0 Å². The van der Waals surface area contributed by atoms with E-state index in [-0.39, 0.29) is 41.3 Å². The van der Waals surface area contributed by atoms with Crippen molar-refractivity contribution in [1.82, 2.24) is 4.98 Å². The van der Waals surface area contributed by atoms with Crippen LogP contribution in [0.2, 0.25) is 0 Å². The molecule has 48 heavy (non-hydrogen) atoms. The molecule has 8 heteroatoms. The summed E-state index contributed by atoms with van der Waals surface area (Å²) in [6, 6.07) is 21.7. The quantitative estimate of drug-likeness (QED) is 0.0760. The van der Waals surface area contributed by atoms with Gasteiger partial charge in [-0.05, 0) is 78.8 Å².